The third-order valence-corrected chi connectivity index (χ3v) is 5.48. The number of nitrogens with zero attached hydrogens (tertiary/aromatic N) is 4. The maximum atomic E-state index is 13.1. The standard InChI is InChI=1S/C23H25N5O3/c29-19(24-12-11-17-7-3-1-4-8-17)16-27-21-20(25-13-14-26-21)22(30)28(23(27)31)15-18-9-5-2-6-10-18/h2,5-7,9-10,13-14H,1,3-4,8,11-12,15-16H2,(H,24,29). The number of nitrogens with one attached hydrogen (secondary N) is 1. The van der Waals surface area contributed by atoms with E-state index in [4.69, 9.17) is 0 Å². The summed E-state index contributed by atoms with van der Waals surface area (Å²) in [5, 5.41) is 2.88. The number of carbonyl (C=O) groups is 1. The molecule has 1 amide bonds. The van der Waals surface area contributed by atoms with Crippen LogP contribution in [-0.4, -0.2) is 31.6 Å². The Balaban J connectivity index is 1.59. The largest absolute Gasteiger partial charge is 0.354 e. The van der Waals surface area contributed by atoms with Gasteiger partial charge in [0.25, 0.3) is 5.56 Å². The average molecular weight is 419 g/mol. The van der Waals surface area contributed by atoms with Gasteiger partial charge in [-0.15, -0.1) is 0 Å². The number of carbonyl (C=O) groups excluding carboxylic acids is 1. The van der Waals surface area contributed by atoms with Crippen molar-refractivity contribution < 1.29 is 4.79 Å². The SMILES string of the molecule is O=C(Cn1c(=O)n(Cc2ccccc2)c(=O)c2nccnc21)NCCC1=CCCCC1. The number of rotatable bonds is 7. The van der Waals surface area contributed by atoms with Gasteiger partial charge in [0.1, 0.15) is 6.54 Å². The second-order valence-corrected chi connectivity index (χ2v) is 7.68. The molecule has 8 nitrogen and oxygen atoms in total. The smallest absolute Gasteiger partial charge is 0.333 e. The lowest BCUT2D eigenvalue weighted by Crippen LogP contribution is -2.43. The van der Waals surface area contributed by atoms with E-state index < -0.39 is 11.2 Å². The molecular formula is C23H25N5O3. The molecule has 0 saturated carbocycles. The second kappa shape index (κ2) is 9.51. The molecule has 160 valence electrons. The Morgan fingerprint density at radius 1 is 1.03 bits per heavy atom. The molecule has 8 heteroatoms. The molecule has 4 rings (SSSR count). The first-order valence-corrected chi connectivity index (χ1v) is 10.6. The second-order valence-electron chi connectivity index (χ2n) is 7.68. The minimum absolute atomic E-state index is 0.0678. The summed E-state index contributed by atoms with van der Waals surface area (Å²) in [6.07, 6.45) is 10.5. The Bertz CT molecular complexity index is 1230. The van der Waals surface area contributed by atoms with E-state index in [0.29, 0.717) is 6.54 Å². The summed E-state index contributed by atoms with van der Waals surface area (Å²) in [5.74, 6) is -0.296. The highest BCUT2D eigenvalue weighted by molar-refractivity contribution is 5.78. The zero-order valence-electron chi connectivity index (χ0n) is 17.3. The van der Waals surface area contributed by atoms with Crippen LogP contribution in [0.15, 0.2) is 64.0 Å². The van der Waals surface area contributed by atoms with Crippen molar-refractivity contribution in [1.82, 2.24) is 24.4 Å². The molecule has 0 bridgehead atoms. The van der Waals surface area contributed by atoms with E-state index in [0.717, 1.165) is 29.4 Å². The van der Waals surface area contributed by atoms with Crippen molar-refractivity contribution >= 4 is 17.1 Å². The fraction of sp³-hybridized carbons (Fsp3) is 0.348. The van der Waals surface area contributed by atoms with E-state index in [1.165, 1.54) is 35.4 Å². The number of amides is 1. The van der Waals surface area contributed by atoms with Crippen LogP contribution in [0.5, 0.6) is 0 Å². The Morgan fingerprint density at radius 2 is 1.84 bits per heavy atom. The van der Waals surface area contributed by atoms with E-state index in [1.807, 2.05) is 30.3 Å². The van der Waals surface area contributed by atoms with Crippen LogP contribution in [0.25, 0.3) is 11.2 Å². The molecule has 0 radical (unpaired) electrons. The molecule has 0 saturated heterocycles. The Hall–Kier alpha value is -3.55. The topological polar surface area (TPSA) is 98.9 Å². The summed E-state index contributed by atoms with van der Waals surface area (Å²) in [5.41, 5.74) is 1.27. The maximum absolute atomic E-state index is 13.1. The molecule has 0 fully saturated rings. The molecule has 31 heavy (non-hydrogen) atoms. The molecule has 2 aromatic heterocycles. The van der Waals surface area contributed by atoms with Gasteiger partial charge in [-0.2, -0.15) is 0 Å². The van der Waals surface area contributed by atoms with Crippen molar-refractivity contribution in [2.75, 3.05) is 6.54 Å². The quantitative estimate of drug-likeness (QED) is 0.591. The van der Waals surface area contributed by atoms with Gasteiger partial charge in [0.2, 0.25) is 5.91 Å². The number of fused-ring (bicyclic) bond motifs is 1. The van der Waals surface area contributed by atoms with Crippen molar-refractivity contribution in [3.8, 4) is 0 Å². The van der Waals surface area contributed by atoms with Gasteiger partial charge in [-0.25, -0.2) is 14.8 Å². The first kappa shape index (κ1) is 20.7. The van der Waals surface area contributed by atoms with E-state index in [1.54, 1.807) is 0 Å². The molecule has 1 aromatic carbocycles. The third-order valence-electron chi connectivity index (χ3n) is 5.48. The molecule has 1 aliphatic carbocycles. The number of benzene rings is 1. The zero-order chi connectivity index (χ0) is 21.6. The average Bonchev–Trinajstić information content (AvgIpc) is 2.81. The van der Waals surface area contributed by atoms with Crippen LogP contribution < -0.4 is 16.6 Å². The Kier molecular flexibility index (Phi) is 6.35. The predicted molar refractivity (Wildman–Crippen MR) is 118 cm³/mol. The van der Waals surface area contributed by atoms with Crippen molar-refractivity contribution in [1.29, 1.82) is 0 Å². The first-order valence-electron chi connectivity index (χ1n) is 10.6. The minimum Gasteiger partial charge on any atom is -0.354 e. The predicted octanol–water partition coefficient (Wildman–Crippen LogP) is 2.01. The van der Waals surface area contributed by atoms with Crippen LogP contribution in [0, 0.1) is 0 Å². The van der Waals surface area contributed by atoms with Crippen molar-refractivity contribution in [2.24, 2.45) is 0 Å². The van der Waals surface area contributed by atoms with Gasteiger partial charge in [0, 0.05) is 18.9 Å². The van der Waals surface area contributed by atoms with Gasteiger partial charge < -0.3 is 5.32 Å². The van der Waals surface area contributed by atoms with Crippen LogP contribution in [0.4, 0.5) is 0 Å². The first-order chi connectivity index (χ1) is 15.1. The van der Waals surface area contributed by atoms with Gasteiger partial charge in [-0.1, -0.05) is 42.0 Å². The van der Waals surface area contributed by atoms with Gasteiger partial charge in [-0.05, 0) is 37.7 Å². The maximum Gasteiger partial charge on any atom is 0.333 e. The van der Waals surface area contributed by atoms with Crippen LogP contribution in [0.2, 0.25) is 0 Å². The fourth-order valence-electron chi connectivity index (χ4n) is 3.87. The molecule has 0 spiro atoms. The molecule has 1 aliphatic rings. The van der Waals surface area contributed by atoms with Crippen LogP contribution in [-0.2, 0) is 17.9 Å². The summed E-state index contributed by atoms with van der Waals surface area (Å²) >= 11 is 0. The molecule has 0 atom stereocenters. The molecule has 2 heterocycles. The molecule has 0 aliphatic heterocycles. The van der Waals surface area contributed by atoms with Crippen LogP contribution in [0.3, 0.4) is 0 Å². The van der Waals surface area contributed by atoms with Gasteiger partial charge in [-0.3, -0.25) is 18.7 Å². The lowest BCUT2D eigenvalue weighted by molar-refractivity contribution is -0.121. The summed E-state index contributed by atoms with van der Waals surface area (Å²) in [4.78, 5) is 46.9. The monoisotopic (exact) mass is 419 g/mol. The number of hydrogen-bond donors (Lipinski definition) is 1. The lowest BCUT2D eigenvalue weighted by atomic mass is 9.97. The zero-order valence-corrected chi connectivity index (χ0v) is 17.3. The summed E-state index contributed by atoms with van der Waals surface area (Å²) in [7, 11) is 0. The van der Waals surface area contributed by atoms with Crippen LogP contribution in [0.1, 0.15) is 37.7 Å². The molecule has 3 aromatic rings. The van der Waals surface area contributed by atoms with E-state index in [2.05, 4.69) is 21.4 Å². The third kappa shape index (κ3) is 4.79. The van der Waals surface area contributed by atoms with Crippen molar-refractivity contribution in [2.45, 2.75) is 45.2 Å². The number of hydrogen-bond acceptors (Lipinski definition) is 5. The summed E-state index contributed by atoms with van der Waals surface area (Å²) in [6.45, 7) is 0.398. The van der Waals surface area contributed by atoms with Gasteiger partial charge in [0.15, 0.2) is 11.2 Å². The molecule has 0 unspecified atom stereocenters. The molecule has 1 N–H and O–H groups in total. The van der Waals surface area contributed by atoms with Crippen LogP contribution >= 0.6 is 0 Å². The van der Waals surface area contributed by atoms with Gasteiger partial charge >= 0.3 is 5.69 Å². The van der Waals surface area contributed by atoms with E-state index >= 15 is 0 Å². The number of allylic oxidation sites excluding steroid dienone is 1. The number of aromatic nitrogens is 4. The highest BCUT2D eigenvalue weighted by Gasteiger charge is 2.17. The lowest BCUT2D eigenvalue weighted by Gasteiger charge is -2.14. The highest BCUT2D eigenvalue weighted by atomic mass is 16.2. The molecular weight excluding hydrogens is 394 g/mol. The van der Waals surface area contributed by atoms with Gasteiger partial charge in [0.05, 0.1) is 6.54 Å². The van der Waals surface area contributed by atoms with Crippen molar-refractivity contribution in [3.63, 3.8) is 0 Å². The highest BCUT2D eigenvalue weighted by Crippen LogP contribution is 2.19. The normalized spacial score (nSPS) is 13.7. The summed E-state index contributed by atoms with van der Waals surface area (Å²) < 4.78 is 2.33. The Labute approximate surface area is 179 Å². The summed E-state index contributed by atoms with van der Waals surface area (Å²) in [6, 6.07) is 9.22. The van der Waals surface area contributed by atoms with E-state index in [-0.39, 0.29) is 30.2 Å². The minimum atomic E-state index is -0.577. The Morgan fingerprint density at radius 3 is 2.61 bits per heavy atom. The van der Waals surface area contributed by atoms with E-state index in [9.17, 15) is 14.4 Å². The fourth-order valence-corrected chi connectivity index (χ4v) is 3.87. The van der Waals surface area contributed by atoms with Crippen molar-refractivity contribution in [3.05, 3.63) is 80.8 Å².